The maximum Gasteiger partial charge on any atom is 0.508 e. The number of rotatable bonds is 8. The number of carboxylic acid groups (broad SMARTS) is 2. The summed E-state index contributed by atoms with van der Waals surface area (Å²) in [6, 6.07) is 0. The van der Waals surface area contributed by atoms with Gasteiger partial charge in [-0.05, 0) is 0 Å². The van der Waals surface area contributed by atoms with E-state index in [4.69, 9.17) is 10.2 Å². The number of ether oxygens (including phenoxy) is 4. The predicted molar refractivity (Wildman–Crippen MR) is 54.5 cm³/mol. The fraction of sp³-hybridized carbons (Fsp3) is 0.667. The van der Waals surface area contributed by atoms with E-state index in [2.05, 4.69) is 18.9 Å². The lowest BCUT2D eigenvalue weighted by Gasteiger charge is -2.05. The number of carbonyl (C=O) groups excluding carboxylic acids is 1. The Morgan fingerprint density at radius 3 is 1.33 bits per heavy atom. The highest BCUT2D eigenvalue weighted by Crippen LogP contribution is 1.92. The van der Waals surface area contributed by atoms with Crippen molar-refractivity contribution in [2.75, 3.05) is 26.4 Å². The molecule has 0 radical (unpaired) electrons. The minimum Gasteiger partial charge on any atom is -0.450 e. The van der Waals surface area contributed by atoms with Gasteiger partial charge in [0.1, 0.15) is 0 Å². The maximum absolute atomic E-state index is 10.9. The zero-order valence-electron chi connectivity index (χ0n) is 9.49. The van der Waals surface area contributed by atoms with Crippen molar-refractivity contribution in [1.29, 1.82) is 0 Å². The monoisotopic (exact) mass is 266 g/mol. The third kappa shape index (κ3) is 11.9. The molecule has 104 valence electrons. The van der Waals surface area contributed by atoms with Crippen LogP contribution in [0.1, 0.15) is 12.8 Å². The van der Waals surface area contributed by atoms with Crippen molar-refractivity contribution >= 4 is 18.5 Å². The van der Waals surface area contributed by atoms with Crippen molar-refractivity contribution in [3.8, 4) is 0 Å². The number of hydrogen-bond donors (Lipinski definition) is 2. The summed E-state index contributed by atoms with van der Waals surface area (Å²) in [7, 11) is 0. The molecule has 2 N–H and O–H groups in total. The molecule has 9 heteroatoms. The van der Waals surface area contributed by atoms with Gasteiger partial charge in [-0.1, -0.05) is 0 Å². The molecule has 0 heterocycles. The highest BCUT2D eigenvalue weighted by atomic mass is 16.7. The molecular weight excluding hydrogens is 252 g/mol. The molecule has 0 aromatic rings. The first kappa shape index (κ1) is 15.8. The molecule has 0 fully saturated rings. The molecule has 0 unspecified atom stereocenters. The van der Waals surface area contributed by atoms with Gasteiger partial charge in [-0.2, -0.15) is 0 Å². The summed E-state index contributed by atoms with van der Waals surface area (Å²) in [6.07, 6.45) is -3.25. The minimum atomic E-state index is -1.39. The first-order valence-electron chi connectivity index (χ1n) is 5.03. The van der Waals surface area contributed by atoms with Gasteiger partial charge in [0.2, 0.25) is 0 Å². The van der Waals surface area contributed by atoms with Gasteiger partial charge in [0, 0.05) is 12.8 Å². The first-order chi connectivity index (χ1) is 8.52. The van der Waals surface area contributed by atoms with Crippen LogP contribution >= 0.6 is 0 Å². The maximum atomic E-state index is 10.9. The van der Waals surface area contributed by atoms with Crippen molar-refractivity contribution in [3.05, 3.63) is 0 Å². The zero-order valence-corrected chi connectivity index (χ0v) is 9.49. The first-order valence-corrected chi connectivity index (χ1v) is 5.03. The summed E-state index contributed by atoms with van der Waals surface area (Å²) >= 11 is 0. The van der Waals surface area contributed by atoms with E-state index in [-0.39, 0.29) is 39.3 Å². The van der Waals surface area contributed by atoms with Gasteiger partial charge in [0.05, 0.1) is 26.4 Å². The van der Waals surface area contributed by atoms with Crippen LogP contribution in [0.2, 0.25) is 0 Å². The summed E-state index contributed by atoms with van der Waals surface area (Å²) in [5.41, 5.74) is 0. The summed E-state index contributed by atoms with van der Waals surface area (Å²) in [6.45, 7) is -0.209. The molecule has 0 spiro atoms. The van der Waals surface area contributed by atoms with Crippen LogP contribution in [0.25, 0.3) is 0 Å². The van der Waals surface area contributed by atoms with Gasteiger partial charge in [-0.25, -0.2) is 14.4 Å². The third-order valence-electron chi connectivity index (χ3n) is 1.47. The molecule has 0 atom stereocenters. The van der Waals surface area contributed by atoms with Crippen LogP contribution in [0, 0.1) is 0 Å². The molecule has 0 aromatic heterocycles. The fourth-order valence-electron chi connectivity index (χ4n) is 0.789. The average Bonchev–Trinajstić information content (AvgIpc) is 2.27. The minimum absolute atomic E-state index is 0.0300. The van der Waals surface area contributed by atoms with Gasteiger partial charge < -0.3 is 29.2 Å². The Morgan fingerprint density at radius 1 is 0.667 bits per heavy atom. The van der Waals surface area contributed by atoms with Crippen molar-refractivity contribution in [2.45, 2.75) is 12.8 Å². The second-order valence-corrected chi connectivity index (χ2v) is 2.88. The lowest BCUT2D eigenvalue weighted by molar-refractivity contribution is 0.0398. The van der Waals surface area contributed by atoms with E-state index in [9.17, 15) is 14.4 Å². The van der Waals surface area contributed by atoms with E-state index in [1.165, 1.54) is 0 Å². The van der Waals surface area contributed by atoms with Gasteiger partial charge in [0.15, 0.2) is 0 Å². The molecule has 9 nitrogen and oxygen atoms in total. The second-order valence-electron chi connectivity index (χ2n) is 2.88. The van der Waals surface area contributed by atoms with E-state index in [0.717, 1.165) is 0 Å². The Balaban J connectivity index is 3.27. The molecule has 0 aromatic carbocycles. The largest absolute Gasteiger partial charge is 0.508 e. The Kier molecular flexibility index (Phi) is 8.78. The van der Waals surface area contributed by atoms with Crippen LogP contribution in [0.5, 0.6) is 0 Å². The summed E-state index contributed by atoms with van der Waals surface area (Å²) < 4.78 is 17.5. The van der Waals surface area contributed by atoms with Crippen molar-refractivity contribution < 1.29 is 43.5 Å². The highest BCUT2D eigenvalue weighted by Gasteiger charge is 2.04. The SMILES string of the molecule is O=C(O)OCCCOC(=O)OCCCOC(=O)O. The Labute approximate surface area is 102 Å². The normalized spacial score (nSPS) is 9.33. The van der Waals surface area contributed by atoms with Crippen LogP contribution in [0.15, 0.2) is 0 Å². The Morgan fingerprint density at radius 2 is 1.00 bits per heavy atom. The molecule has 0 rings (SSSR count). The Hall–Kier alpha value is -2.19. The molecule has 0 amide bonds. The van der Waals surface area contributed by atoms with Crippen molar-refractivity contribution in [3.63, 3.8) is 0 Å². The number of hydrogen-bond acceptors (Lipinski definition) is 7. The molecule has 0 saturated carbocycles. The lowest BCUT2D eigenvalue weighted by Crippen LogP contribution is -2.13. The van der Waals surface area contributed by atoms with Gasteiger partial charge >= 0.3 is 18.5 Å². The van der Waals surface area contributed by atoms with Gasteiger partial charge in [0.25, 0.3) is 0 Å². The molecule has 18 heavy (non-hydrogen) atoms. The van der Waals surface area contributed by atoms with Gasteiger partial charge in [-0.15, -0.1) is 0 Å². The average molecular weight is 266 g/mol. The summed E-state index contributed by atoms with van der Waals surface area (Å²) in [5, 5.41) is 16.2. The molecular formula is C9H14O9. The lowest BCUT2D eigenvalue weighted by atomic mass is 10.5. The second kappa shape index (κ2) is 10.00. The van der Waals surface area contributed by atoms with Crippen LogP contribution < -0.4 is 0 Å². The summed E-state index contributed by atoms with van der Waals surface area (Å²) in [4.78, 5) is 30.8. The highest BCUT2D eigenvalue weighted by molar-refractivity contribution is 5.59. The van der Waals surface area contributed by atoms with E-state index in [1.807, 2.05) is 0 Å². The van der Waals surface area contributed by atoms with Crippen LogP contribution in [0.4, 0.5) is 14.4 Å². The molecule has 0 bridgehead atoms. The Bertz CT molecular complexity index is 249. The molecule has 0 aliphatic carbocycles. The van der Waals surface area contributed by atoms with E-state index in [0.29, 0.717) is 0 Å². The van der Waals surface area contributed by atoms with Gasteiger partial charge in [-0.3, -0.25) is 0 Å². The van der Waals surface area contributed by atoms with E-state index < -0.39 is 18.5 Å². The number of carbonyl (C=O) groups is 3. The van der Waals surface area contributed by atoms with Crippen molar-refractivity contribution in [2.24, 2.45) is 0 Å². The fourth-order valence-corrected chi connectivity index (χ4v) is 0.789. The smallest absolute Gasteiger partial charge is 0.450 e. The van der Waals surface area contributed by atoms with Crippen molar-refractivity contribution in [1.82, 2.24) is 0 Å². The summed E-state index contributed by atoms with van der Waals surface area (Å²) in [5.74, 6) is 0. The zero-order chi connectivity index (χ0) is 13.8. The predicted octanol–water partition coefficient (Wildman–Crippen LogP) is 1.31. The quantitative estimate of drug-likeness (QED) is 0.379. The van der Waals surface area contributed by atoms with Crippen LogP contribution in [0.3, 0.4) is 0 Å². The standard InChI is InChI=1S/C9H14O9/c10-7(11)15-3-1-5-17-9(14)18-6-2-4-16-8(12)13/h1-6H2,(H,10,11)(H,12,13). The van der Waals surface area contributed by atoms with E-state index >= 15 is 0 Å². The van der Waals surface area contributed by atoms with E-state index in [1.54, 1.807) is 0 Å². The molecule has 0 aliphatic heterocycles. The molecule has 0 aliphatic rings. The topological polar surface area (TPSA) is 129 Å². The van der Waals surface area contributed by atoms with Crippen LogP contribution in [-0.2, 0) is 18.9 Å². The third-order valence-corrected chi connectivity index (χ3v) is 1.47. The molecule has 0 saturated heterocycles. The van der Waals surface area contributed by atoms with Crippen LogP contribution in [-0.4, -0.2) is 55.1 Å².